The second-order valence-electron chi connectivity index (χ2n) is 4.41. The fourth-order valence-corrected chi connectivity index (χ4v) is 2.61. The van der Waals surface area contributed by atoms with E-state index >= 15 is 0 Å². The number of hydrogen-bond acceptors (Lipinski definition) is 3. The maximum absolute atomic E-state index is 5.87. The second-order valence-corrected chi connectivity index (χ2v) is 5.92. The molecule has 2 nitrogen and oxygen atoms in total. The molecule has 3 aromatic rings. The van der Waals surface area contributed by atoms with Crippen molar-refractivity contribution in [3.05, 3.63) is 65.3 Å². The molecule has 0 radical (unpaired) electrons. The maximum Gasteiger partial charge on any atom is 0.227 e. The minimum absolute atomic E-state index is 0.640. The van der Waals surface area contributed by atoms with Gasteiger partial charge in [-0.1, -0.05) is 41.1 Å². The van der Waals surface area contributed by atoms with E-state index in [2.05, 4.69) is 11.9 Å². The van der Waals surface area contributed by atoms with Gasteiger partial charge in [-0.3, -0.25) is 0 Å². The minimum atomic E-state index is 0.640. The van der Waals surface area contributed by atoms with Crippen molar-refractivity contribution in [2.75, 3.05) is 0 Å². The summed E-state index contributed by atoms with van der Waals surface area (Å²) in [5, 5.41) is 1.50. The third-order valence-electron chi connectivity index (χ3n) is 2.82. The predicted octanol–water partition coefficient (Wildman–Crippen LogP) is 5.45. The monoisotopic (exact) mass is 301 g/mol. The Hall–Kier alpha value is -1.71. The number of oxazole rings is 1. The zero-order chi connectivity index (χ0) is 13.9. The van der Waals surface area contributed by atoms with Crippen molar-refractivity contribution in [2.24, 2.45) is 0 Å². The number of nitrogens with zero attached hydrogens (tertiary/aromatic N) is 1. The topological polar surface area (TPSA) is 26.0 Å². The van der Waals surface area contributed by atoms with Crippen molar-refractivity contribution < 1.29 is 4.42 Å². The molecule has 0 saturated heterocycles. The number of benzene rings is 2. The zero-order valence-corrected chi connectivity index (χ0v) is 12.4. The molecule has 2 aromatic carbocycles. The first-order valence-corrected chi connectivity index (χ1v) is 7.36. The summed E-state index contributed by atoms with van der Waals surface area (Å²) in [6.07, 6.45) is 1.74. The average Bonchev–Trinajstić information content (AvgIpc) is 2.91. The summed E-state index contributed by atoms with van der Waals surface area (Å²) in [5.41, 5.74) is 2.20. The summed E-state index contributed by atoms with van der Waals surface area (Å²) in [6, 6.07) is 15.8. The van der Waals surface area contributed by atoms with Crippen molar-refractivity contribution >= 4 is 23.4 Å². The summed E-state index contributed by atoms with van der Waals surface area (Å²) < 4.78 is 5.76. The van der Waals surface area contributed by atoms with Crippen molar-refractivity contribution in [3.63, 3.8) is 0 Å². The van der Waals surface area contributed by atoms with Crippen LogP contribution in [0.25, 0.3) is 11.5 Å². The molecule has 3 rings (SSSR count). The lowest BCUT2D eigenvalue weighted by Gasteiger charge is -1.98. The Bertz CT molecular complexity index is 704. The Morgan fingerprint density at radius 2 is 1.70 bits per heavy atom. The van der Waals surface area contributed by atoms with E-state index in [9.17, 15) is 0 Å². The molecule has 0 fully saturated rings. The molecule has 100 valence electrons. The largest absolute Gasteiger partial charge is 0.430 e. The minimum Gasteiger partial charge on any atom is -0.430 e. The van der Waals surface area contributed by atoms with Crippen LogP contribution >= 0.6 is 23.4 Å². The van der Waals surface area contributed by atoms with Gasteiger partial charge in [0.1, 0.15) is 0 Å². The molecule has 0 aliphatic heterocycles. The lowest BCUT2D eigenvalue weighted by Crippen LogP contribution is -1.76. The van der Waals surface area contributed by atoms with Crippen molar-refractivity contribution in [3.8, 4) is 11.5 Å². The van der Waals surface area contributed by atoms with Gasteiger partial charge in [-0.2, -0.15) is 0 Å². The highest BCUT2D eigenvalue weighted by molar-refractivity contribution is 7.99. The van der Waals surface area contributed by atoms with Gasteiger partial charge in [0.2, 0.25) is 5.89 Å². The molecule has 0 N–H and O–H groups in total. The van der Waals surface area contributed by atoms with Crippen molar-refractivity contribution in [1.82, 2.24) is 4.98 Å². The van der Waals surface area contributed by atoms with E-state index in [1.54, 1.807) is 6.20 Å². The predicted molar refractivity (Wildman–Crippen MR) is 82.3 cm³/mol. The molecule has 0 aliphatic carbocycles. The zero-order valence-electron chi connectivity index (χ0n) is 10.8. The number of aryl methyl sites for hydroxylation is 1. The number of aromatic nitrogens is 1. The SMILES string of the molecule is Cc1ccc(-c2ncc(Sc3ccc(Cl)cc3)o2)cc1. The van der Waals surface area contributed by atoms with E-state index in [0.29, 0.717) is 5.89 Å². The molecule has 0 atom stereocenters. The summed E-state index contributed by atoms with van der Waals surface area (Å²) in [4.78, 5) is 5.39. The van der Waals surface area contributed by atoms with Crippen molar-refractivity contribution in [2.45, 2.75) is 16.9 Å². The molecule has 0 aliphatic rings. The Morgan fingerprint density at radius 3 is 2.40 bits per heavy atom. The molecule has 1 heterocycles. The summed E-state index contributed by atoms with van der Waals surface area (Å²) >= 11 is 7.39. The molecule has 0 saturated carbocycles. The fourth-order valence-electron chi connectivity index (χ4n) is 1.75. The van der Waals surface area contributed by atoms with Gasteiger partial charge < -0.3 is 4.42 Å². The van der Waals surface area contributed by atoms with E-state index in [1.165, 1.54) is 17.3 Å². The number of hydrogen-bond donors (Lipinski definition) is 0. The van der Waals surface area contributed by atoms with E-state index in [-0.39, 0.29) is 0 Å². The van der Waals surface area contributed by atoms with Crippen LogP contribution < -0.4 is 0 Å². The lowest BCUT2D eigenvalue weighted by molar-refractivity contribution is 0.484. The van der Waals surface area contributed by atoms with Crippen LogP contribution in [0.3, 0.4) is 0 Å². The fraction of sp³-hybridized carbons (Fsp3) is 0.0625. The highest BCUT2D eigenvalue weighted by Crippen LogP contribution is 2.31. The van der Waals surface area contributed by atoms with Gasteiger partial charge in [-0.15, -0.1) is 0 Å². The Labute approximate surface area is 126 Å². The Balaban J connectivity index is 1.80. The Kier molecular flexibility index (Phi) is 3.81. The highest BCUT2D eigenvalue weighted by Gasteiger charge is 2.07. The third-order valence-corrected chi connectivity index (χ3v) is 3.96. The van der Waals surface area contributed by atoms with E-state index in [0.717, 1.165) is 20.6 Å². The Morgan fingerprint density at radius 1 is 1.00 bits per heavy atom. The maximum atomic E-state index is 5.87. The van der Waals surface area contributed by atoms with Gasteiger partial charge in [0.25, 0.3) is 0 Å². The smallest absolute Gasteiger partial charge is 0.227 e. The second kappa shape index (κ2) is 5.73. The molecule has 0 amide bonds. The number of rotatable bonds is 3. The van der Waals surface area contributed by atoms with Gasteiger partial charge in [0.15, 0.2) is 5.09 Å². The average molecular weight is 302 g/mol. The van der Waals surface area contributed by atoms with Crippen LogP contribution in [0.2, 0.25) is 5.02 Å². The summed E-state index contributed by atoms with van der Waals surface area (Å²) in [6.45, 7) is 2.06. The quantitative estimate of drug-likeness (QED) is 0.643. The van der Waals surface area contributed by atoms with E-state index in [1.807, 2.05) is 48.5 Å². The lowest BCUT2D eigenvalue weighted by atomic mass is 10.1. The molecule has 4 heteroatoms. The van der Waals surface area contributed by atoms with Gasteiger partial charge >= 0.3 is 0 Å². The first-order valence-electron chi connectivity index (χ1n) is 6.17. The van der Waals surface area contributed by atoms with Crippen LogP contribution in [0.1, 0.15) is 5.56 Å². The van der Waals surface area contributed by atoms with Crippen LogP contribution in [0, 0.1) is 6.92 Å². The van der Waals surface area contributed by atoms with Gasteiger partial charge in [-0.25, -0.2) is 4.98 Å². The van der Waals surface area contributed by atoms with Crippen LogP contribution in [0.4, 0.5) is 0 Å². The third kappa shape index (κ3) is 3.06. The van der Waals surface area contributed by atoms with Gasteiger partial charge in [0.05, 0.1) is 6.20 Å². The van der Waals surface area contributed by atoms with Crippen LogP contribution in [0.5, 0.6) is 0 Å². The molecule has 0 unspecified atom stereocenters. The van der Waals surface area contributed by atoms with Gasteiger partial charge in [0, 0.05) is 15.5 Å². The van der Waals surface area contributed by atoms with E-state index < -0.39 is 0 Å². The van der Waals surface area contributed by atoms with Crippen LogP contribution in [-0.2, 0) is 0 Å². The van der Waals surface area contributed by atoms with E-state index in [4.69, 9.17) is 16.0 Å². The first-order chi connectivity index (χ1) is 9.70. The molecule has 20 heavy (non-hydrogen) atoms. The van der Waals surface area contributed by atoms with Crippen LogP contribution in [-0.4, -0.2) is 4.98 Å². The summed E-state index contributed by atoms with van der Waals surface area (Å²) in [5.74, 6) is 0.640. The normalized spacial score (nSPS) is 10.7. The summed E-state index contributed by atoms with van der Waals surface area (Å²) in [7, 11) is 0. The number of halogens is 1. The molecule has 1 aromatic heterocycles. The van der Waals surface area contributed by atoms with Crippen LogP contribution in [0.15, 0.2) is 69.1 Å². The molecular weight excluding hydrogens is 290 g/mol. The van der Waals surface area contributed by atoms with Gasteiger partial charge in [-0.05, 0) is 43.3 Å². The molecule has 0 spiro atoms. The first kappa shape index (κ1) is 13.3. The molecule has 0 bridgehead atoms. The highest BCUT2D eigenvalue weighted by atomic mass is 35.5. The van der Waals surface area contributed by atoms with Crippen molar-refractivity contribution in [1.29, 1.82) is 0 Å². The standard InChI is InChI=1S/C16H12ClNOS/c1-11-2-4-12(5-3-11)16-18-10-15(19-16)20-14-8-6-13(17)7-9-14/h2-10H,1H3. The molecular formula is C16H12ClNOS.